The van der Waals surface area contributed by atoms with E-state index in [0.29, 0.717) is 32.2 Å². The maximum atomic E-state index is 14.7. The zero-order chi connectivity index (χ0) is 28.8. The highest BCUT2D eigenvalue weighted by Gasteiger charge is 2.65. The zero-order valence-electron chi connectivity index (χ0n) is 21.0. The number of aliphatic carboxylic acids is 1. The number of carbonyl (C=O) groups excluding carboxylic acids is 2. The number of hydrogen-bond acceptors (Lipinski definition) is 11. The molecule has 0 spiro atoms. The van der Waals surface area contributed by atoms with E-state index in [0.717, 1.165) is 0 Å². The second kappa shape index (κ2) is 13.3. The number of halogens is 2. The van der Waals surface area contributed by atoms with Gasteiger partial charge in [0.1, 0.15) is 36.5 Å². The molecular weight excluding hydrogens is 518 g/mol. The normalized spacial score (nSPS) is 31.6. The lowest BCUT2D eigenvalue weighted by molar-refractivity contribution is -0.409. The molecule has 2 rings (SSSR count). The molecule has 2 saturated heterocycles. The molecule has 0 aliphatic carbocycles. The summed E-state index contributed by atoms with van der Waals surface area (Å²) in [6.45, 7) is -0.561. The Kier molecular flexibility index (Phi) is 11.3. The molecule has 2 fully saturated rings. The number of ether oxygens (including phenoxy) is 1. The molecule has 2 amide bonds. The second-order valence-corrected chi connectivity index (χ2v) is 9.70. The molecule has 14 nitrogen and oxygen atoms in total. The van der Waals surface area contributed by atoms with Crippen LogP contribution in [0.25, 0.3) is 0 Å². The van der Waals surface area contributed by atoms with Gasteiger partial charge in [-0.3, -0.25) is 14.4 Å². The Labute approximate surface area is 217 Å². The third-order valence-electron chi connectivity index (χ3n) is 6.84. The van der Waals surface area contributed by atoms with Crippen LogP contribution in [0, 0.1) is 0 Å². The van der Waals surface area contributed by atoms with E-state index >= 15 is 0 Å². The number of nitrogens with one attached hydrogen (secondary N) is 2. The standard InChI is InChI=1S/C22H38F2N4O10/c1-11(20(35)36)27-18(33)13-6-4-8-28(13)19(34)12(25)5-2-3-7-26-10-21(23,24)22(37)17(32)16(31)15(30)14(9-29)38-22/h11-17,26,29-32,37H,2-10,25H2,1H3,(H,27,33)(H,35,36)/t11?,12?,13?,14?,15?,16?,17-,22?/m0/s1. The van der Waals surface area contributed by atoms with E-state index in [1.165, 1.54) is 11.8 Å². The number of likely N-dealkylation sites (tertiary alicyclic amines) is 1. The van der Waals surface area contributed by atoms with Gasteiger partial charge < -0.3 is 56.6 Å². The average molecular weight is 557 g/mol. The maximum Gasteiger partial charge on any atom is 0.325 e. The van der Waals surface area contributed by atoms with Gasteiger partial charge in [-0.1, -0.05) is 6.42 Å². The smallest absolute Gasteiger partial charge is 0.325 e. The molecule has 0 bridgehead atoms. The minimum Gasteiger partial charge on any atom is -0.480 e. The number of aliphatic hydroxyl groups is 5. The van der Waals surface area contributed by atoms with Crippen molar-refractivity contribution in [3.8, 4) is 0 Å². The Morgan fingerprint density at radius 3 is 2.47 bits per heavy atom. The minimum atomic E-state index is -4.13. The van der Waals surface area contributed by atoms with E-state index in [4.69, 9.17) is 15.9 Å². The summed E-state index contributed by atoms with van der Waals surface area (Å²) in [6, 6.07) is -2.90. The number of rotatable bonds is 13. The van der Waals surface area contributed by atoms with Crippen molar-refractivity contribution < 1.29 is 58.5 Å². The predicted molar refractivity (Wildman–Crippen MR) is 125 cm³/mol. The van der Waals surface area contributed by atoms with Gasteiger partial charge in [0.15, 0.2) is 0 Å². The molecule has 0 aromatic heterocycles. The molecule has 0 radical (unpaired) electrons. The van der Waals surface area contributed by atoms with Crippen molar-refractivity contribution in [3.05, 3.63) is 0 Å². The van der Waals surface area contributed by atoms with Gasteiger partial charge >= 0.3 is 11.9 Å². The number of aliphatic hydroxyl groups excluding tert-OH is 4. The predicted octanol–water partition coefficient (Wildman–Crippen LogP) is -3.55. The molecule has 2 heterocycles. The van der Waals surface area contributed by atoms with E-state index < -0.39 is 85.2 Å². The quantitative estimate of drug-likeness (QED) is 0.100. The molecule has 10 N–H and O–H groups in total. The molecule has 0 saturated carbocycles. The SMILES string of the molecule is CC(NC(=O)C1CCCN1C(=O)C(N)CCCCNCC(F)(F)C1(O)OC(CO)C(O)C(O)[C@@H]1O)C(=O)O. The van der Waals surface area contributed by atoms with Crippen LogP contribution in [-0.4, -0.2) is 134 Å². The average Bonchev–Trinajstić information content (AvgIpc) is 3.36. The summed E-state index contributed by atoms with van der Waals surface area (Å²) in [5.74, 6) is -9.96. The number of hydrogen-bond donors (Lipinski definition) is 9. The van der Waals surface area contributed by atoms with E-state index in [9.17, 15) is 43.6 Å². The first-order valence-corrected chi connectivity index (χ1v) is 12.4. The molecule has 2 aliphatic rings. The molecule has 220 valence electrons. The summed E-state index contributed by atoms with van der Waals surface area (Å²) in [6.07, 6.45) is -6.63. The summed E-state index contributed by atoms with van der Waals surface area (Å²) >= 11 is 0. The summed E-state index contributed by atoms with van der Waals surface area (Å²) in [5.41, 5.74) is 5.97. The summed E-state index contributed by atoms with van der Waals surface area (Å²) in [5, 5.41) is 62.5. The lowest BCUT2D eigenvalue weighted by Crippen LogP contribution is -2.72. The van der Waals surface area contributed by atoms with Crippen LogP contribution in [0.1, 0.15) is 39.0 Å². The first-order valence-electron chi connectivity index (χ1n) is 12.4. The van der Waals surface area contributed by atoms with Gasteiger partial charge in [0.25, 0.3) is 5.79 Å². The zero-order valence-corrected chi connectivity index (χ0v) is 21.0. The van der Waals surface area contributed by atoms with Crippen molar-refractivity contribution in [2.75, 3.05) is 26.2 Å². The van der Waals surface area contributed by atoms with Crippen LogP contribution >= 0.6 is 0 Å². The molecule has 16 heteroatoms. The van der Waals surface area contributed by atoms with Crippen LogP contribution in [0.15, 0.2) is 0 Å². The van der Waals surface area contributed by atoms with Gasteiger partial charge in [-0.2, -0.15) is 8.78 Å². The number of carboxylic acids is 1. The topological polar surface area (TPSA) is 235 Å². The fourth-order valence-corrected chi connectivity index (χ4v) is 4.45. The van der Waals surface area contributed by atoms with Crippen LogP contribution in [0.2, 0.25) is 0 Å². The fraction of sp³-hybridized carbons (Fsp3) is 0.864. The van der Waals surface area contributed by atoms with E-state index in [1.54, 1.807) is 0 Å². The highest BCUT2D eigenvalue weighted by molar-refractivity contribution is 5.92. The summed E-state index contributed by atoms with van der Waals surface area (Å²) in [4.78, 5) is 37.4. The number of carboxylic acid groups (broad SMARTS) is 1. The first-order chi connectivity index (χ1) is 17.7. The van der Waals surface area contributed by atoms with Crippen molar-refractivity contribution in [1.29, 1.82) is 0 Å². The molecule has 7 unspecified atom stereocenters. The summed E-state index contributed by atoms with van der Waals surface area (Å²) < 4.78 is 34.0. The third kappa shape index (κ3) is 7.12. The van der Waals surface area contributed by atoms with Crippen LogP contribution in [0.4, 0.5) is 8.78 Å². The number of nitrogens with two attached hydrogens (primary N) is 1. The fourth-order valence-electron chi connectivity index (χ4n) is 4.45. The Hall–Kier alpha value is -2.05. The van der Waals surface area contributed by atoms with Crippen LogP contribution < -0.4 is 16.4 Å². The lowest BCUT2D eigenvalue weighted by Gasteiger charge is -2.48. The van der Waals surface area contributed by atoms with Crippen molar-refractivity contribution >= 4 is 17.8 Å². The first kappa shape index (κ1) is 32.2. The van der Waals surface area contributed by atoms with E-state index in [1.807, 2.05) is 0 Å². The number of unbranched alkanes of at least 4 members (excludes halogenated alkanes) is 1. The van der Waals surface area contributed by atoms with E-state index in [2.05, 4.69) is 15.4 Å². The molecule has 0 aromatic carbocycles. The Morgan fingerprint density at radius 2 is 1.87 bits per heavy atom. The number of alkyl halides is 2. The minimum absolute atomic E-state index is 0.000888. The van der Waals surface area contributed by atoms with Crippen LogP contribution in [0.3, 0.4) is 0 Å². The van der Waals surface area contributed by atoms with Crippen molar-refractivity contribution in [1.82, 2.24) is 15.5 Å². The van der Waals surface area contributed by atoms with Crippen molar-refractivity contribution in [2.24, 2.45) is 5.73 Å². The van der Waals surface area contributed by atoms with Gasteiger partial charge in [-0.05, 0) is 39.2 Å². The largest absolute Gasteiger partial charge is 0.480 e. The Bertz CT molecular complexity index is 838. The van der Waals surface area contributed by atoms with Crippen LogP contribution in [-0.2, 0) is 19.1 Å². The molecule has 38 heavy (non-hydrogen) atoms. The number of carbonyl (C=O) groups is 3. The molecular formula is C22H38F2N4O10. The van der Waals surface area contributed by atoms with Gasteiger partial charge in [-0.15, -0.1) is 0 Å². The molecule has 8 atom stereocenters. The van der Waals surface area contributed by atoms with E-state index in [-0.39, 0.29) is 13.0 Å². The number of amides is 2. The summed E-state index contributed by atoms with van der Waals surface area (Å²) in [7, 11) is 0. The van der Waals surface area contributed by atoms with Crippen LogP contribution in [0.5, 0.6) is 0 Å². The second-order valence-electron chi connectivity index (χ2n) is 9.70. The van der Waals surface area contributed by atoms with Gasteiger partial charge in [0.05, 0.1) is 19.2 Å². The highest BCUT2D eigenvalue weighted by Crippen LogP contribution is 2.39. The molecule has 0 aromatic rings. The van der Waals surface area contributed by atoms with Crippen molar-refractivity contribution in [3.63, 3.8) is 0 Å². The van der Waals surface area contributed by atoms with Gasteiger partial charge in [0.2, 0.25) is 11.8 Å². The van der Waals surface area contributed by atoms with Crippen molar-refractivity contribution in [2.45, 2.75) is 93.3 Å². The van der Waals surface area contributed by atoms with Gasteiger partial charge in [0, 0.05) is 6.54 Å². The maximum absolute atomic E-state index is 14.7. The number of nitrogens with zero attached hydrogens (tertiary/aromatic N) is 1. The third-order valence-corrected chi connectivity index (χ3v) is 6.84. The van der Waals surface area contributed by atoms with Gasteiger partial charge in [-0.25, -0.2) is 0 Å². The highest BCUT2D eigenvalue weighted by atomic mass is 19.3. The Morgan fingerprint density at radius 1 is 1.21 bits per heavy atom. The lowest BCUT2D eigenvalue weighted by atomic mass is 9.88. The molecule has 2 aliphatic heterocycles. The monoisotopic (exact) mass is 556 g/mol. The Balaban J connectivity index is 1.79.